The molecule has 0 amide bonds. The van der Waals surface area contributed by atoms with Gasteiger partial charge in [-0.15, -0.1) is 6.42 Å². The summed E-state index contributed by atoms with van der Waals surface area (Å²) in [4.78, 5) is 4.24. The molecule has 0 fully saturated rings. The molecule has 2 aromatic heterocycles. The lowest BCUT2D eigenvalue weighted by atomic mass is 10.2. The number of aromatic nitrogens is 2. The summed E-state index contributed by atoms with van der Waals surface area (Å²) < 4.78 is 2.01. The van der Waals surface area contributed by atoms with Crippen molar-refractivity contribution in [1.82, 2.24) is 9.55 Å². The van der Waals surface area contributed by atoms with Gasteiger partial charge in [0.1, 0.15) is 5.69 Å². The summed E-state index contributed by atoms with van der Waals surface area (Å²) in [7, 11) is 0. The van der Waals surface area contributed by atoms with Gasteiger partial charge in [-0.3, -0.25) is 4.98 Å². The van der Waals surface area contributed by atoms with E-state index in [1.807, 2.05) is 34.9 Å². The summed E-state index contributed by atoms with van der Waals surface area (Å²) in [5, 5.41) is 14.0. The number of benzene rings is 1. The SMILES string of the molecule is C#CCn1c2ccccc2c2ccnc(/C=N/O)c21. The summed E-state index contributed by atoms with van der Waals surface area (Å²) >= 11 is 0. The highest BCUT2D eigenvalue weighted by molar-refractivity contribution is 6.12. The third-order valence-electron chi connectivity index (χ3n) is 3.14. The standard InChI is InChI=1S/C15H11N3O/c1-2-9-18-14-6-4-3-5-11(14)12-7-8-16-13(10-17-19)15(12)18/h1,3-8,10,19H,9H2/b17-10+. The minimum Gasteiger partial charge on any atom is -0.411 e. The average molecular weight is 249 g/mol. The molecule has 0 bridgehead atoms. The molecule has 4 nitrogen and oxygen atoms in total. The fraction of sp³-hybridized carbons (Fsp3) is 0.0667. The van der Waals surface area contributed by atoms with E-state index >= 15 is 0 Å². The van der Waals surface area contributed by atoms with E-state index in [9.17, 15) is 0 Å². The van der Waals surface area contributed by atoms with Gasteiger partial charge >= 0.3 is 0 Å². The molecule has 92 valence electrons. The van der Waals surface area contributed by atoms with E-state index in [-0.39, 0.29) is 0 Å². The molecule has 3 rings (SSSR count). The summed E-state index contributed by atoms with van der Waals surface area (Å²) in [5.74, 6) is 2.65. The minimum absolute atomic E-state index is 0.446. The maximum Gasteiger partial charge on any atom is 0.109 e. The molecule has 0 saturated carbocycles. The lowest BCUT2D eigenvalue weighted by molar-refractivity contribution is 0.321. The van der Waals surface area contributed by atoms with Crippen LogP contribution in [0.2, 0.25) is 0 Å². The van der Waals surface area contributed by atoms with Crippen LogP contribution >= 0.6 is 0 Å². The Kier molecular flexibility index (Phi) is 2.66. The second-order valence-electron chi connectivity index (χ2n) is 4.14. The molecule has 3 aromatic rings. The monoisotopic (exact) mass is 249 g/mol. The van der Waals surface area contributed by atoms with Gasteiger partial charge in [0.05, 0.1) is 23.8 Å². The van der Waals surface area contributed by atoms with E-state index in [0.29, 0.717) is 12.2 Å². The first kappa shape index (κ1) is 11.3. The zero-order valence-corrected chi connectivity index (χ0v) is 10.1. The van der Waals surface area contributed by atoms with Crippen molar-refractivity contribution >= 4 is 28.0 Å². The third-order valence-corrected chi connectivity index (χ3v) is 3.14. The van der Waals surface area contributed by atoms with Crippen LogP contribution < -0.4 is 0 Å². The Bertz CT molecular complexity index is 824. The average Bonchev–Trinajstić information content (AvgIpc) is 2.76. The summed E-state index contributed by atoms with van der Waals surface area (Å²) in [5.41, 5.74) is 2.54. The molecule has 0 aliphatic carbocycles. The molecule has 0 aliphatic rings. The van der Waals surface area contributed by atoms with E-state index < -0.39 is 0 Å². The predicted octanol–water partition coefficient (Wildman–Crippen LogP) is 2.63. The fourth-order valence-electron chi connectivity index (χ4n) is 2.43. The number of oxime groups is 1. The second-order valence-corrected chi connectivity index (χ2v) is 4.14. The van der Waals surface area contributed by atoms with Gasteiger partial charge in [-0.2, -0.15) is 0 Å². The van der Waals surface area contributed by atoms with Crippen LogP contribution in [-0.2, 0) is 6.54 Å². The Morgan fingerprint density at radius 1 is 1.32 bits per heavy atom. The van der Waals surface area contributed by atoms with Gasteiger partial charge < -0.3 is 9.77 Å². The molecular formula is C15H11N3O. The second kappa shape index (κ2) is 4.46. The first-order chi connectivity index (χ1) is 9.36. The van der Waals surface area contributed by atoms with E-state index in [1.54, 1.807) is 6.20 Å². The number of terminal acetylenes is 1. The van der Waals surface area contributed by atoms with Crippen molar-refractivity contribution in [2.75, 3.05) is 0 Å². The maximum absolute atomic E-state index is 8.75. The van der Waals surface area contributed by atoms with Crippen molar-refractivity contribution in [1.29, 1.82) is 0 Å². The minimum atomic E-state index is 0.446. The van der Waals surface area contributed by atoms with Gasteiger partial charge in [-0.1, -0.05) is 29.3 Å². The largest absolute Gasteiger partial charge is 0.411 e. The number of pyridine rings is 1. The van der Waals surface area contributed by atoms with Crippen molar-refractivity contribution in [2.45, 2.75) is 6.54 Å². The van der Waals surface area contributed by atoms with Gasteiger partial charge in [-0.25, -0.2) is 0 Å². The molecule has 4 heteroatoms. The number of nitrogens with zero attached hydrogens (tertiary/aromatic N) is 3. The molecule has 2 heterocycles. The van der Waals surface area contributed by atoms with E-state index in [4.69, 9.17) is 11.6 Å². The number of rotatable bonds is 2. The van der Waals surface area contributed by atoms with E-state index in [2.05, 4.69) is 16.1 Å². The highest BCUT2D eigenvalue weighted by atomic mass is 16.4. The molecule has 0 aliphatic heterocycles. The van der Waals surface area contributed by atoms with E-state index in [1.165, 1.54) is 6.21 Å². The summed E-state index contributed by atoms with van der Waals surface area (Å²) in [6.07, 6.45) is 8.48. The Morgan fingerprint density at radius 2 is 2.16 bits per heavy atom. The first-order valence-corrected chi connectivity index (χ1v) is 5.83. The van der Waals surface area contributed by atoms with Gasteiger partial charge in [0, 0.05) is 17.0 Å². The molecule has 19 heavy (non-hydrogen) atoms. The topological polar surface area (TPSA) is 50.4 Å². The molecule has 0 spiro atoms. The van der Waals surface area contributed by atoms with Crippen LogP contribution in [-0.4, -0.2) is 21.0 Å². The lowest BCUT2D eigenvalue weighted by Crippen LogP contribution is -1.99. The van der Waals surface area contributed by atoms with Crippen LogP contribution in [0.15, 0.2) is 41.7 Å². The van der Waals surface area contributed by atoms with Gasteiger partial charge in [0.2, 0.25) is 0 Å². The smallest absolute Gasteiger partial charge is 0.109 e. The van der Waals surface area contributed by atoms with Crippen molar-refractivity contribution in [2.24, 2.45) is 5.16 Å². The highest BCUT2D eigenvalue weighted by Crippen LogP contribution is 2.29. The van der Waals surface area contributed by atoms with Crippen LogP contribution in [0, 0.1) is 12.3 Å². The lowest BCUT2D eigenvalue weighted by Gasteiger charge is -2.03. The van der Waals surface area contributed by atoms with Crippen LogP contribution in [0.5, 0.6) is 0 Å². The van der Waals surface area contributed by atoms with E-state index in [0.717, 1.165) is 21.8 Å². The van der Waals surface area contributed by atoms with Crippen LogP contribution in [0.1, 0.15) is 5.69 Å². The maximum atomic E-state index is 8.75. The van der Waals surface area contributed by atoms with Crippen LogP contribution in [0.4, 0.5) is 0 Å². The molecule has 1 N–H and O–H groups in total. The first-order valence-electron chi connectivity index (χ1n) is 5.83. The Balaban J connectivity index is 2.53. The molecule has 0 saturated heterocycles. The molecule has 0 radical (unpaired) electrons. The van der Waals surface area contributed by atoms with Crippen molar-refractivity contribution in [3.8, 4) is 12.3 Å². The van der Waals surface area contributed by atoms with Crippen molar-refractivity contribution < 1.29 is 5.21 Å². The van der Waals surface area contributed by atoms with Crippen LogP contribution in [0.25, 0.3) is 21.8 Å². The Labute approximate surface area is 110 Å². The van der Waals surface area contributed by atoms with Crippen LogP contribution in [0.3, 0.4) is 0 Å². The van der Waals surface area contributed by atoms with Crippen molar-refractivity contribution in [3.63, 3.8) is 0 Å². The zero-order valence-electron chi connectivity index (χ0n) is 10.1. The quantitative estimate of drug-likeness (QED) is 0.328. The molecule has 0 atom stereocenters. The highest BCUT2D eigenvalue weighted by Gasteiger charge is 2.12. The Morgan fingerprint density at radius 3 is 2.95 bits per heavy atom. The molecular weight excluding hydrogens is 238 g/mol. The van der Waals surface area contributed by atoms with Gasteiger partial charge in [-0.05, 0) is 12.1 Å². The third kappa shape index (κ3) is 1.64. The zero-order chi connectivity index (χ0) is 13.2. The molecule has 1 aromatic carbocycles. The fourth-order valence-corrected chi connectivity index (χ4v) is 2.43. The molecule has 0 unspecified atom stereocenters. The summed E-state index contributed by atoms with van der Waals surface area (Å²) in [6, 6.07) is 9.97. The predicted molar refractivity (Wildman–Crippen MR) is 75.5 cm³/mol. The van der Waals surface area contributed by atoms with Gasteiger partial charge in [0.25, 0.3) is 0 Å². The van der Waals surface area contributed by atoms with Gasteiger partial charge in [0.15, 0.2) is 0 Å². The Hall–Kier alpha value is -2.80. The normalized spacial score (nSPS) is 11.3. The van der Waals surface area contributed by atoms with Crippen molar-refractivity contribution in [3.05, 3.63) is 42.2 Å². The number of para-hydroxylation sites is 1. The summed E-state index contributed by atoms with van der Waals surface area (Å²) in [6.45, 7) is 0.446. The number of hydrogen-bond acceptors (Lipinski definition) is 3. The number of hydrogen-bond donors (Lipinski definition) is 1. The number of fused-ring (bicyclic) bond motifs is 3.